The molecule has 0 saturated heterocycles. The average molecular weight is 497 g/mol. The van der Waals surface area contributed by atoms with Crippen molar-refractivity contribution in [2.24, 2.45) is 0 Å². The summed E-state index contributed by atoms with van der Waals surface area (Å²) >= 11 is 4.52. The number of halogens is 1. The zero-order chi connectivity index (χ0) is 21.0. The van der Waals surface area contributed by atoms with Gasteiger partial charge in [0.05, 0.1) is 20.7 Å². The van der Waals surface area contributed by atoms with E-state index < -0.39 is 10.0 Å². The predicted octanol–water partition coefficient (Wildman–Crippen LogP) is 4.52. The number of carbonyl (C=O) groups is 1. The highest BCUT2D eigenvalue weighted by molar-refractivity contribution is 9.10. The third kappa shape index (κ3) is 5.00. The third-order valence-electron chi connectivity index (χ3n) is 4.13. The first-order valence-corrected chi connectivity index (χ1v) is 12.2. The van der Waals surface area contributed by atoms with Gasteiger partial charge in [0.2, 0.25) is 10.0 Å². The lowest BCUT2D eigenvalue weighted by Gasteiger charge is -2.20. The number of thiazole rings is 1. The van der Waals surface area contributed by atoms with E-state index in [1.807, 2.05) is 13.8 Å². The molecule has 10 heteroatoms. The fraction of sp³-hybridized carbons (Fsp3) is 0.316. The molecule has 0 aliphatic carbocycles. The van der Waals surface area contributed by atoms with E-state index in [1.165, 1.54) is 21.8 Å². The van der Waals surface area contributed by atoms with Crippen molar-refractivity contribution in [3.63, 3.8) is 0 Å². The number of fused-ring (bicyclic) bond motifs is 1. The first kappa shape index (κ1) is 21.8. The minimum absolute atomic E-state index is 0.240. The molecule has 2 heterocycles. The van der Waals surface area contributed by atoms with Gasteiger partial charge in [-0.3, -0.25) is 15.1 Å². The summed E-state index contributed by atoms with van der Waals surface area (Å²) in [4.78, 5) is 21.0. The normalized spacial score (nSPS) is 11.9. The molecule has 0 fully saturated rings. The zero-order valence-electron chi connectivity index (χ0n) is 16.1. The highest BCUT2D eigenvalue weighted by atomic mass is 79.9. The highest BCUT2D eigenvalue weighted by Crippen LogP contribution is 2.29. The molecule has 0 aliphatic heterocycles. The fourth-order valence-corrected chi connectivity index (χ4v) is 5.81. The van der Waals surface area contributed by atoms with Crippen LogP contribution in [0, 0.1) is 0 Å². The van der Waals surface area contributed by atoms with Crippen LogP contribution in [0.1, 0.15) is 37.0 Å². The molecule has 0 unspecified atom stereocenters. The van der Waals surface area contributed by atoms with E-state index in [4.69, 9.17) is 0 Å². The first-order chi connectivity index (χ1) is 13.8. The van der Waals surface area contributed by atoms with Crippen LogP contribution >= 0.6 is 27.3 Å². The maximum Gasteiger partial charge on any atom is 0.259 e. The van der Waals surface area contributed by atoms with E-state index in [0.29, 0.717) is 38.5 Å². The monoisotopic (exact) mass is 496 g/mol. The molecule has 2 aromatic heterocycles. The average Bonchev–Trinajstić information content (AvgIpc) is 3.09. The standard InChI is InChI=1S/C19H21BrN4O3S2/c1-3-7-24(8-4-2)29(26,27)15-5-6-16-17(10-15)28-19(22-16)23-18(25)13-9-14(20)12-21-11-13/h5-6,9-12H,3-4,7-8H2,1-2H3,(H,22,23,25). The van der Waals surface area contributed by atoms with Gasteiger partial charge in [0.25, 0.3) is 5.91 Å². The summed E-state index contributed by atoms with van der Waals surface area (Å²) in [6, 6.07) is 6.53. The number of hydrogen-bond acceptors (Lipinski definition) is 6. The Morgan fingerprint density at radius 2 is 1.90 bits per heavy atom. The second kappa shape index (κ2) is 9.29. The highest BCUT2D eigenvalue weighted by Gasteiger charge is 2.24. The Balaban J connectivity index is 1.87. The maximum atomic E-state index is 13.0. The second-order valence-corrected chi connectivity index (χ2v) is 10.3. The smallest absolute Gasteiger partial charge is 0.259 e. The minimum atomic E-state index is -3.57. The molecule has 0 bridgehead atoms. The largest absolute Gasteiger partial charge is 0.298 e. The van der Waals surface area contributed by atoms with Crippen molar-refractivity contribution in [3.05, 3.63) is 46.7 Å². The number of aromatic nitrogens is 2. The summed E-state index contributed by atoms with van der Waals surface area (Å²) in [6.07, 6.45) is 4.57. The van der Waals surface area contributed by atoms with Crippen molar-refractivity contribution in [1.82, 2.24) is 14.3 Å². The van der Waals surface area contributed by atoms with Gasteiger partial charge in [0, 0.05) is 30.0 Å². The van der Waals surface area contributed by atoms with Crippen LogP contribution in [0.25, 0.3) is 10.2 Å². The van der Waals surface area contributed by atoms with Gasteiger partial charge >= 0.3 is 0 Å². The van der Waals surface area contributed by atoms with Crippen LogP contribution in [0.15, 0.2) is 46.0 Å². The summed E-state index contributed by atoms with van der Waals surface area (Å²) in [5.74, 6) is -0.331. The maximum absolute atomic E-state index is 13.0. The molecule has 1 N–H and O–H groups in total. The van der Waals surface area contributed by atoms with E-state index in [9.17, 15) is 13.2 Å². The Kier molecular flexibility index (Phi) is 6.99. The third-order valence-corrected chi connectivity index (χ3v) is 7.39. The number of amides is 1. The van der Waals surface area contributed by atoms with Crippen molar-refractivity contribution < 1.29 is 13.2 Å². The van der Waals surface area contributed by atoms with Crippen LogP contribution in [0.5, 0.6) is 0 Å². The zero-order valence-corrected chi connectivity index (χ0v) is 19.3. The number of pyridine rings is 1. The number of benzene rings is 1. The summed E-state index contributed by atoms with van der Waals surface area (Å²) < 4.78 is 28.9. The molecule has 3 rings (SSSR count). The first-order valence-electron chi connectivity index (χ1n) is 9.17. The van der Waals surface area contributed by atoms with Crippen LogP contribution in [-0.2, 0) is 10.0 Å². The topological polar surface area (TPSA) is 92.3 Å². The molecule has 7 nitrogen and oxygen atoms in total. The van der Waals surface area contributed by atoms with E-state index in [1.54, 1.807) is 30.5 Å². The van der Waals surface area contributed by atoms with Gasteiger partial charge in [-0.2, -0.15) is 4.31 Å². The second-order valence-electron chi connectivity index (χ2n) is 6.40. The van der Waals surface area contributed by atoms with Gasteiger partial charge < -0.3 is 0 Å². The van der Waals surface area contributed by atoms with Crippen molar-refractivity contribution in [2.75, 3.05) is 18.4 Å². The summed E-state index contributed by atoms with van der Waals surface area (Å²) in [5, 5.41) is 3.15. The van der Waals surface area contributed by atoms with Crippen LogP contribution in [0.3, 0.4) is 0 Å². The number of rotatable bonds is 8. The van der Waals surface area contributed by atoms with Gasteiger partial charge in [-0.1, -0.05) is 25.2 Å². The quantitative estimate of drug-likeness (QED) is 0.494. The van der Waals surface area contributed by atoms with E-state index in [0.717, 1.165) is 12.8 Å². The van der Waals surface area contributed by atoms with Gasteiger partial charge in [0.15, 0.2) is 5.13 Å². The van der Waals surface area contributed by atoms with Gasteiger partial charge in [-0.25, -0.2) is 13.4 Å². The molecule has 29 heavy (non-hydrogen) atoms. The number of sulfonamides is 1. The molecular formula is C19H21BrN4O3S2. The number of nitrogens with one attached hydrogen (secondary N) is 1. The Hall–Kier alpha value is -1.88. The molecular weight excluding hydrogens is 476 g/mol. The molecule has 0 spiro atoms. The molecule has 3 aromatic rings. The fourth-order valence-electron chi connectivity index (χ4n) is 2.82. The van der Waals surface area contributed by atoms with Crippen LogP contribution in [0.2, 0.25) is 0 Å². The number of carbonyl (C=O) groups excluding carboxylic acids is 1. The predicted molar refractivity (Wildman–Crippen MR) is 119 cm³/mol. The molecule has 1 amide bonds. The minimum Gasteiger partial charge on any atom is -0.298 e. The van der Waals surface area contributed by atoms with Crippen LogP contribution < -0.4 is 5.32 Å². The molecule has 1 aromatic carbocycles. The molecule has 0 atom stereocenters. The summed E-state index contributed by atoms with van der Waals surface area (Å²) in [7, 11) is -3.57. The Labute approximate surface area is 182 Å². The van der Waals surface area contributed by atoms with E-state index in [-0.39, 0.29) is 10.8 Å². The van der Waals surface area contributed by atoms with E-state index in [2.05, 4.69) is 31.2 Å². The van der Waals surface area contributed by atoms with Crippen molar-refractivity contribution in [1.29, 1.82) is 0 Å². The van der Waals surface area contributed by atoms with Crippen LogP contribution in [0.4, 0.5) is 5.13 Å². The van der Waals surface area contributed by atoms with Gasteiger partial charge in [-0.15, -0.1) is 0 Å². The summed E-state index contributed by atoms with van der Waals surface area (Å²) in [6.45, 7) is 4.89. The SMILES string of the molecule is CCCN(CCC)S(=O)(=O)c1ccc2nc(NC(=O)c3cncc(Br)c3)sc2c1. The molecule has 154 valence electrons. The van der Waals surface area contributed by atoms with Gasteiger partial charge in [0.1, 0.15) is 0 Å². The van der Waals surface area contributed by atoms with Crippen LogP contribution in [-0.4, -0.2) is 41.7 Å². The lowest BCUT2D eigenvalue weighted by molar-refractivity contribution is 0.102. The van der Waals surface area contributed by atoms with Crippen molar-refractivity contribution >= 4 is 58.5 Å². The Morgan fingerprint density at radius 3 is 2.55 bits per heavy atom. The van der Waals surface area contributed by atoms with E-state index >= 15 is 0 Å². The Bertz CT molecular complexity index is 1130. The number of hydrogen-bond donors (Lipinski definition) is 1. The number of anilines is 1. The molecule has 0 aliphatic rings. The van der Waals surface area contributed by atoms with Gasteiger partial charge in [-0.05, 0) is 53.0 Å². The molecule has 0 radical (unpaired) electrons. The lowest BCUT2D eigenvalue weighted by atomic mass is 10.3. The lowest BCUT2D eigenvalue weighted by Crippen LogP contribution is -2.32. The Morgan fingerprint density at radius 1 is 1.17 bits per heavy atom. The summed E-state index contributed by atoms with van der Waals surface area (Å²) in [5.41, 5.74) is 1.03. The molecule has 0 saturated carbocycles. The number of nitrogens with zero attached hydrogens (tertiary/aromatic N) is 3. The van der Waals surface area contributed by atoms with Crippen molar-refractivity contribution in [3.8, 4) is 0 Å². The van der Waals surface area contributed by atoms with Crippen molar-refractivity contribution in [2.45, 2.75) is 31.6 Å².